The maximum Gasteiger partial charge on any atom is 0.328 e. The Kier molecular flexibility index (Phi) is 16.4. The Hall–Kier alpha value is -3.69. The summed E-state index contributed by atoms with van der Waals surface area (Å²) >= 11 is 0. The zero-order valence-corrected chi connectivity index (χ0v) is 27.6. The number of esters is 1. The maximum atomic E-state index is 13.0. The largest absolute Gasteiger partial charge is 0.508 e. The van der Waals surface area contributed by atoms with E-state index >= 15 is 0 Å². The average Bonchev–Trinajstić information content (AvgIpc) is 2.97. The summed E-state index contributed by atoms with van der Waals surface area (Å²) in [6.45, 7) is 9.49. The number of aliphatic hydroxyl groups is 1. The number of carbonyl (C=O) groups is 3. The number of aryl methyl sites for hydroxylation is 1. The van der Waals surface area contributed by atoms with E-state index in [1.54, 1.807) is 31.2 Å². The van der Waals surface area contributed by atoms with E-state index in [4.69, 9.17) is 9.47 Å². The third-order valence-electron chi connectivity index (χ3n) is 7.75. The van der Waals surface area contributed by atoms with Gasteiger partial charge in [0.05, 0.1) is 18.6 Å². The molecule has 0 unspecified atom stereocenters. The van der Waals surface area contributed by atoms with Gasteiger partial charge in [-0.1, -0.05) is 69.7 Å². The molecule has 1 heterocycles. The molecule has 1 aromatic carbocycles. The summed E-state index contributed by atoms with van der Waals surface area (Å²) in [5.41, 5.74) is 2.05. The lowest BCUT2D eigenvalue weighted by molar-refractivity contribution is -0.156. The number of rotatable bonds is 8. The predicted molar refractivity (Wildman–Crippen MR) is 178 cm³/mol. The molecule has 45 heavy (non-hydrogen) atoms. The molecule has 2 rings (SSSR count). The molecule has 248 valence electrons. The van der Waals surface area contributed by atoms with E-state index in [0.29, 0.717) is 37.3 Å². The lowest BCUT2D eigenvalue weighted by Gasteiger charge is -2.29. The van der Waals surface area contributed by atoms with Gasteiger partial charge in [-0.2, -0.15) is 0 Å². The summed E-state index contributed by atoms with van der Waals surface area (Å²) in [5.74, 6) is -0.874. The number of phenols is 1. The molecular formula is C36H52N2O7. The number of nitrogens with one attached hydrogen (secondary N) is 2. The Morgan fingerprint density at radius 1 is 1.11 bits per heavy atom. The van der Waals surface area contributed by atoms with Gasteiger partial charge >= 0.3 is 5.97 Å². The van der Waals surface area contributed by atoms with Crippen molar-refractivity contribution in [3.63, 3.8) is 0 Å². The van der Waals surface area contributed by atoms with Crippen LogP contribution in [-0.2, 0) is 30.3 Å². The van der Waals surface area contributed by atoms with Crippen molar-refractivity contribution in [3.8, 4) is 5.75 Å². The van der Waals surface area contributed by atoms with E-state index in [9.17, 15) is 24.6 Å². The van der Waals surface area contributed by atoms with Crippen LogP contribution in [-0.4, -0.2) is 59.5 Å². The second-order valence-corrected chi connectivity index (χ2v) is 12.2. The Morgan fingerprint density at radius 3 is 2.56 bits per heavy atom. The fourth-order valence-corrected chi connectivity index (χ4v) is 4.99. The van der Waals surface area contributed by atoms with Crippen molar-refractivity contribution in [2.45, 2.75) is 104 Å². The molecule has 1 aliphatic heterocycles. The zero-order chi connectivity index (χ0) is 33.4. The average molecular weight is 625 g/mol. The van der Waals surface area contributed by atoms with Crippen LogP contribution in [0.15, 0.2) is 66.3 Å². The molecule has 0 aromatic heterocycles. The highest BCUT2D eigenvalue weighted by Gasteiger charge is 2.29. The Labute approximate surface area is 268 Å². The number of amides is 2. The second-order valence-electron chi connectivity index (χ2n) is 12.2. The first-order chi connectivity index (χ1) is 21.4. The van der Waals surface area contributed by atoms with E-state index in [1.807, 2.05) is 44.2 Å². The van der Waals surface area contributed by atoms with E-state index in [1.165, 1.54) is 13.2 Å². The predicted octanol–water partition coefficient (Wildman–Crippen LogP) is 5.93. The summed E-state index contributed by atoms with van der Waals surface area (Å²) < 4.78 is 11.3. The van der Waals surface area contributed by atoms with Gasteiger partial charge in [0.25, 0.3) is 0 Å². The topological polar surface area (TPSA) is 134 Å². The van der Waals surface area contributed by atoms with Crippen LogP contribution >= 0.6 is 0 Å². The van der Waals surface area contributed by atoms with Gasteiger partial charge in [0.15, 0.2) is 0 Å². The van der Waals surface area contributed by atoms with E-state index < -0.39 is 36.2 Å². The fourth-order valence-electron chi connectivity index (χ4n) is 4.99. The number of benzene rings is 1. The summed E-state index contributed by atoms with van der Waals surface area (Å²) in [4.78, 5) is 38.0. The maximum absolute atomic E-state index is 13.0. The number of allylic oxidation sites excluding steroid dienone is 5. The first kappa shape index (κ1) is 37.5. The minimum absolute atomic E-state index is 0.0435. The van der Waals surface area contributed by atoms with Crippen LogP contribution in [0.3, 0.4) is 0 Å². The molecule has 4 N–H and O–H groups in total. The van der Waals surface area contributed by atoms with Gasteiger partial charge in [-0.15, -0.1) is 0 Å². The summed E-state index contributed by atoms with van der Waals surface area (Å²) in [7, 11) is 1.53. The third kappa shape index (κ3) is 14.3. The molecule has 2 amide bonds. The Bertz CT molecular complexity index is 1230. The monoisotopic (exact) mass is 624 g/mol. The SMILES string of the molecule is CO[C@H]1\C=C/C=C\C=C/C[C@H](OC(=O)[C@@H](C)NC(=O)CCCC(C)C)[C@H](C)[C@@H](O)/C(C)=C\CCc2cc(O)cc(c2)NC(=O)C1. The van der Waals surface area contributed by atoms with Crippen molar-refractivity contribution >= 4 is 23.5 Å². The van der Waals surface area contributed by atoms with Crippen LogP contribution in [0.5, 0.6) is 5.75 Å². The van der Waals surface area contributed by atoms with Gasteiger partial charge in [0.2, 0.25) is 11.8 Å². The number of hydrogen-bond donors (Lipinski definition) is 4. The van der Waals surface area contributed by atoms with Gasteiger partial charge < -0.3 is 30.3 Å². The highest BCUT2D eigenvalue weighted by molar-refractivity contribution is 5.91. The lowest BCUT2D eigenvalue weighted by atomic mass is 9.90. The molecule has 0 saturated carbocycles. The normalized spacial score (nSPS) is 25.9. The fraction of sp³-hybridized carbons (Fsp3) is 0.528. The molecule has 0 saturated heterocycles. The van der Waals surface area contributed by atoms with Crippen LogP contribution in [0, 0.1) is 11.8 Å². The molecule has 5 atom stereocenters. The number of ether oxygens (including phenoxy) is 2. The van der Waals surface area contributed by atoms with Crippen molar-refractivity contribution < 1.29 is 34.1 Å². The van der Waals surface area contributed by atoms with Gasteiger partial charge in [-0.05, 0) is 62.3 Å². The molecule has 2 bridgehead atoms. The molecule has 9 heteroatoms. The minimum atomic E-state index is -0.880. The van der Waals surface area contributed by atoms with Gasteiger partial charge in [0.1, 0.15) is 17.9 Å². The first-order valence-corrected chi connectivity index (χ1v) is 15.9. The Balaban J connectivity index is 2.25. The highest BCUT2D eigenvalue weighted by Crippen LogP contribution is 2.24. The van der Waals surface area contributed by atoms with Crippen LogP contribution in [0.1, 0.15) is 78.7 Å². The number of methoxy groups -OCH3 is 1. The standard InChI is InChI=1S/C36H52N2O7/c1-24(2)14-12-19-33(40)37-27(5)36(43)45-32-18-11-9-7-8-10-17-31(44-6)23-34(41)38-29-20-28(21-30(39)22-29)16-13-15-25(3)35(42)26(32)4/h7-11,15,17,20-22,24,26-27,31-32,35,39,42H,12-14,16,18-19,23H2,1-6H3,(H,37,40)(H,38,41)/b8-7-,11-9-,17-10-,25-15-/t26-,27+,31-,32-,35-/m0/s1. The Morgan fingerprint density at radius 2 is 1.84 bits per heavy atom. The minimum Gasteiger partial charge on any atom is -0.508 e. The van der Waals surface area contributed by atoms with Crippen molar-refractivity contribution in [1.29, 1.82) is 0 Å². The lowest BCUT2D eigenvalue weighted by Crippen LogP contribution is -2.43. The van der Waals surface area contributed by atoms with Crippen molar-refractivity contribution in [1.82, 2.24) is 5.32 Å². The summed E-state index contributed by atoms with van der Waals surface area (Å²) in [5, 5.41) is 27.0. The van der Waals surface area contributed by atoms with Crippen LogP contribution in [0.25, 0.3) is 0 Å². The molecule has 1 aromatic rings. The number of aromatic hydroxyl groups is 1. The number of hydrogen-bond acceptors (Lipinski definition) is 7. The summed E-state index contributed by atoms with van der Waals surface area (Å²) in [6, 6.07) is 4.14. The number of anilines is 1. The van der Waals surface area contributed by atoms with E-state index in [0.717, 1.165) is 24.0 Å². The smallest absolute Gasteiger partial charge is 0.328 e. The molecule has 9 nitrogen and oxygen atoms in total. The number of aliphatic hydroxyl groups excluding tert-OH is 1. The first-order valence-electron chi connectivity index (χ1n) is 15.9. The van der Waals surface area contributed by atoms with Gasteiger partial charge in [-0.25, -0.2) is 4.79 Å². The third-order valence-corrected chi connectivity index (χ3v) is 7.75. The van der Waals surface area contributed by atoms with Crippen molar-refractivity contribution in [2.24, 2.45) is 11.8 Å². The number of phenolic OH excluding ortho intramolecular Hbond substituents is 1. The van der Waals surface area contributed by atoms with Crippen LogP contribution < -0.4 is 10.6 Å². The molecule has 0 fully saturated rings. The van der Waals surface area contributed by atoms with E-state index in [2.05, 4.69) is 24.5 Å². The molecule has 0 radical (unpaired) electrons. The number of fused-ring (bicyclic) bond motifs is 2. The van der Waals surface area contributed by atoms with Crippen molar-refractivity contribution in [3.05, 3.63) is 71.9 Å². The van der Waals surface area contributed by atoms with Gasteiger partial charge in [-0.3, -0.25) is 9.59 Å². The van der Waals surface area contributed by atoms with Crippen molar-refractivity contribution in [2.75, 3.05) is 12.4 Å². The molecular weight excluding hydrogens is 572 g/mol. The van der Waals surface area contributed by atoms with E-state index in [-0.39, 0.29) is 24.0 Å². The second kappa shape index (κ2) is 19.6. The van der Waals surface area contributed by atoms with Gasteiger partial charge in [0, 0.05) is 37.6 Å². The highest BCUT2D eigenvalue weighted by atomic mass is 16.5. The van der Waals surface area contributed by atoms with Crippen LogP contribution in [0.4, 0.5) is 5.69 Å². The summed E-state index contributed by atoms with van der Waals surface area (Å²) in [6.07, 6.45) is 14.5. The molecule has 1 aliphatic rings. The molecule has 0 spiro atoms. The zero-order valence-electron chi connectivity index (χ0n) is 27.6. The molecule has 0 aliphatic carbocycles. The quantitative estimate of drug-likeness (QED) is 0.208. The van der Waals surface area contributed by atoms with Crippen LogP contribution in [0.2, 0.25) is 0 Å². The number of carbonyl (C=O) groups excluding carboxylic acids is 3.